The van der Waals surface area contributed by atoms with Gasteiger partial charge >= 0.3 is 0 Å². The SMILES string of the molecule is CC(C)(C)[Si](C)(C)OC(CCOCc1ccccc1)Cn1cc(-c2ccccc2)c2c(N)ncnc21. The molecule has 4 rings (SSSR count). The summed E-state index contributed by atoms with van der Waals surface area (Å²) >= 11 is 0. The zero-order chi connectivity index (χ0) is 25.8. The molecule has 0 aliphatic heterocycles. The standard InChI is InChI=1S/C29H38N4O2Si/c1-29(2,3)36(4,5)35-24(16-17-34-20-22-12-8-6-9-13-22)18-33-19-25(23-14-10-7-11-15-23)26-27(30)31-21-32-28(26)33/h6-15,19,21,24H,16-18,20H2,1-5H3,(H2,30,31,32). The molecular weight excluding hydrogens is 464 g/mol. The summed E-state index contributed by atoms with van der Waals surface area (Å²) in [6.07, 6.45) is 4.45. The van der Waals surface area contributed by atoms with Crippen LogP contribution in [-0.2, 0) is 22.3 Å². The van der Waals surface area contributed by atoms with Crippen LogP contribution < -0.4 is 5.73 Å². The van der Waals surface area contributed by atoms with Crippen molar-refractivity contribution in [2.45, 2.75) is 64.6 Å². The molecule has 0 amide bonds. The van der Waals surface area contributed by atoms with Gasteiger partial charge in [0.1, 0.15) is 17.8 Å². The lowest BCUT2D eigenvalue weighted by atomic mass is 10.1. The van der Waals surface area contributed by atoms with Crippen LogP contribution in [0.25, 0.3) is 22.2 Å². The van der Waals surface area contributed by atoms with Crippen molar-refractivity contribution in [3.05, 3.63) is 78.8 Å². The summed E-state index contributed by atoms with van der Waals surface area (Å²) in [6.45, 7) is 13.3. The van der Waals surface area contributed by atoms with Crippen molar-refractivity contribution in [3.8, 4) is 11.1 Å². The smallest absolute Gasteiger partial charge is 0.192 e. The highest BCUT2D eigenvalue weighted by atomic mass is 28.4. The van der Waals surface area contributed by atoms with Crippen molar-refractivity contribution < 1.29 is 9.16 Å². The number of nitrogen functional groups attached to an aromatic ring is 1. The molecule has 0 spiro atoms. The second-order valence-electron chi connectivity index (χ2n) is 10.8. The molecule has 2 N–H and O–H groups in total. The van der Waals surface area contributed by atoms with E-state index in [0.29, 0.717) is 25.6 Å². The summed E-state index contributed by atoms with van der Waals surface area (Å²) in [5, 5.41) is 0.992. The molecule has 0 bridgehead atoms. The number of rotatable bonds is 10. The Morgan fingerprint density at radius 1 is 0.972 bits per heavy atom. The van der Waals surface area contributed by atoms with Crippen LogP contribution in [0.4, 0.5) is 5.82 Å². The zero-order valence-corrected chi connectivity index (χ0v) is 23.1. The fraction of sp³-hybridized carbons (Fsp3) is 0.379. The van der Waals surface area contributed by atoms with Crippen LogP contribution in [0, 0.1) is 0 Å². The fourth-order valence-corrected chi connectivity index (χ4v) is 5.48. The van der Waals surface area contributed by atoms with E-state index < -0.39 is 8.32 Å². The van der Waals surface area contributed by atoms with Gasteiger partial charge in [-0.3, -0.25) is 0 Å². The molecule has 2 heterocycles. The summed E-state index contributed by atoms with van der Waals surface area (Å²) in [4.78, 5) is 8.90. The summed E-state index contributed by atoms with van der Waals surface area (Å²) < 4.78 is 15.1. The van der Waals surface area contributed by atoms with E-state index in [0.717, 1.165) is 28.6 Å². The Balaban J connectivity index is 1.60. The number of fused-ring (bicyclic) bond motifs is 1. The molecule has 190 valence electrons. The average molecular weight is 503 g/mol. The van der Waals surface area contributed by atoms with Crippen LogP contribution in [0.5, 0.6) is 0 Å². The first kappa shape index (κ1) is 26.1. The summed E-state index contributed by atoms with van der Waals surface area (Å²) in [5.41, 5.74) is 10.5. The van der Waals surface area contributed by atoms with Crippen molar-refractivity contribution in [2.24, 2.45) is 0 Å². The van der Waals surface area contributed by atoms with Gasteiger partial charge in [0.05, 0.1) is 18.1 Å². The van der Waals surface area contributed by atoms with E-state index >= 15 is 0 Å². The van der Waals surface area contributed by atoms with Gasteiger partial charge < -0.3 is 19.5 Å². The van der Waals surface area contributed by atoms with Crippen LogP contribution >= 0.6 is 0 Å². The molecule has 1 atom stereocenters. The number of aromatic nitrogens is 3. The van der Waals surface area contributed by atoms with E-state index in [1.54, 1.807) is 0 Å². The Labute approximate surface area is 215 Å². The summed E-state index contributed by atoms with van der Waals surface area (Å²) in [6, 6.07) is 20.5. The summed E-state index contributed by atoms with van der Waals surface area (Å²) in [7, 11) is -2.01. The van der Waals surface area contributed by atoms with Gasteiger partial charge in [-0.1, -0.05) is 81.4 Å². The van der Waals surface area contributed by atoms with Crippen LogP contribution in [-0.4, -0.2) is 35.6 Å². The second-order valence-corrected chi connectivity index (χ2v) is 15.6. The number of anilines is 1. The quantitative estimate of drug-likeness (QED) is 0.193. The molecular formula is C29H38N4O2Si. The number of nitrogens with zero attached hydrogens (tertiary/aromatic N) is 3. The largest absolute Gasteiger partial charge is 0.412 e. The number of hydrogen-bond donors (Lipinski definition) is 1. The molecule has 0 aliphatic rings. The Morgan fingerprint density at radius 3 is 2.31 bits per heavy atom. The number of benzene rings is 2. The van der Waals surface area contributed by atoms with Gasteiger partial charge in [0, 0.05) is 24.9 Å². The predicted molar refractivity (Wildman–Crippen MR) is 150 cm³/mol. The van der Waals surface area contributed by atoms with Crippen LogP contribution in [0.15, 0.2) is 73.2 Å². The normalized spacial score (nSPS) is 13.2. The van der Waals surface area contributed by atoms with E-state index in [1.165, 1.54) is 11.9 Å². The van der Waals surface area contributed by atoms with E-state index in [9.17, 15) is 0 Å². The molecule has 36 heavy (non-hydrogen) atoms. The molecule has 0 aliphatic carbocycles. The first-order valence-electron chi connectivity index (χ1n) is 12.6. The first-order chi connectivity index (χ1) is 17.2. The first-order valence-corrected chi connectivity index (χ1v) is 15.5. The molecule has 2 aromatic carbocycles. The van der Waals surface area contributed by atoms with Gasteiger partial charge in [-0.05, 0) is 35.7 Å². The number of ether oxygens (including phenoxy) is 1. The third-order valence-corrected chi connectivity index (χ3v) is 11.7. The minimum Gasteiger partial charge on any atom is -0.412 e. The van der Waals surface area contributed by atoms with E-state index in [1.807, 2.05) is 36.4 Å². The third kappa shape index (κ3) is 6.03. The average Bonchev–Trinajstić information content (AvgIpc) is 3.21. The van der Waals surface area contributed by atoms with Crippen molar-refractivity contribution in [3.63, 3.8) is 0 Å². The lowest BCUT2D eigenvalue weighted by molar-refractivity contribution is 0.0712. The van der Waals surface area contributed by atoms with Crippen molar-refractivity contribution in [1.29, 1.82) is 0 Å². The van der Waals surface area contributed by atoms with Gasteiger partial charge in [-0.15, -0.1) is 0 Å². The highest BCUT2D eigenvalue weighted by Gasteiger charge is 2.39. The molecule has 0 saturated heterocycles. The van der Waals surface area contributed by atoms with Crippen molar-refractivity contribution in [1.82, 2.24) is 14.5 Å². The highest BCUT2D eigenvalue weighted by Crippen LogP contribution is 2.38. The molecule has 6 nitrogen and oxygen atoms in total. The highest BCUT2D eigenvalue weighted by molar-refractivity contribution is 6.74. The Hall–Kier alpha value is -3.00. The van der Waals surface area contributed by atoms with E-state index in [-0.39, 0.29) is 11.1 Å². The zero-order valence-electron chi connectivity index (χ0n) is 22.1. The monoisotopic (exact) mass is 502 g/mol. The lowest BCUT2D eigenvalue weighted by Crippen LogP contribution is -2.45. The van der Waals surface area contributed by atoms with Gasteiger partial charge in [0.15, 0.2) is 8.32 Å². The van der Waals surface area contributed by atoms with Gasteiger partial charge in [-0.25, -0.2) is 9.97 Å². The minimum absolute atomic E-state index is 0.0166. The lowest BCUT2D eigenvalue weighted by Gasteiger charge is -2.39. The van der Waals surface area contributed by atoms with Crippen LogP contribution in [0.3, 0.4) is 0 Å². The maximum atomic E-state index is 6.92. The molecule has 0 radical (unpaired) electrons. The second kappa shape index (κ2) is 10.9. The number of nitrogens with two attached hydrogens (primary N) is 1. The maximum absolute atomic E-state index is 6.92. The predicted octanol–water partition coefficient (Wildman–Crippen LogP) is 6.68. The van der Waals surface area contributed by atoms with Crippen LogP contribution in [0.1, 0.15) is 32.8 Å². The van der Waals surface area contributed by atoms with E-state index in [4.69, 9.17) is 14.9 Å². The van der Waals surface area contributed by atoms with Gasteiger partial charge in [-0.2, -0.15) is 0 Å². The number of hydrogen-bond acceptors (Lipinski definition) is 5. The maximum Gasteiger partial charge on any atom is 0.192 e. The Kier molecular flexibility index (Phi) is 7.93. The molecule has 0 fully saturated rings. The molecule has 0 saturated carbocycles. The van der Waals surface area contributed by atoms with Gasteiger partial charge in [0.25, 0.3) is 0 Å². The Bertz CT molecular complexity index is 1270. The van der Waals surface area contributed by atoms with Gasteiger partial charge in [0.2, 0.25) is 0 Å². The summed E-state index contributed by atoms with van der Waals surface area (Å²) in [5.74, 6) is 0.491. The minimum atomic E-state index is -2.01. The van der Waals surface area contributed by atoms with Crippen LogP contribution in [0.2, 0.25) is 18.1 Å². The Morgan fingerprint density at radius 2 is 1.64 bits per heavy atom. The molecule has 4 aromatic rings. The topological polar surface area (TPSA) is 75.2 Å². The fourth-order valence-electron chi connectivity index (χ4n) is 4.10. The van der Waals surface area contributed by atoms with Crippen molar-refractivity contribution in [2.75, 3.05) is 12.3 Å². The third-order valence-electron chi connectivity index (χ3n) is 7.13. The molecule has 2 aromatic heterocycles. The van der Waals surface area contributed by atoms with E-state index in [2.05, 4.69) is 78.9 Å². The molecule has 1 unspecified atom stereocenters. The molecule has 7 heteroatoms. The van der Waals surface area contributed by atoms with Crippen molar-refractivity contribution >= 4 is 25.2 Å².